The van der Waals surface area contributed by atoms with Crippen molar-refractivity contribution in [3.63, 3.8) is 0 Å². The van der Waals surface area contributed by atoms with Crippen molar-refractivity contribution < 1.29 is 23.1 Å². The van der Waals surface area contributed by atoms with E-state index in [-0.39, 0.29) is 29.6 Å². The molecule has 1 rings (SSSR count). The van der Waals surface area contributed by atoms with Crippen molar-refractivity contribution in [2.75, 3.05) is 6.54 Å². The van der Waals surface area contributed by atoms with Gasteiger partial charge in [0.2, 0.25) is 15.9 Å². The molecule has 0 saturated heterocycles. The molecule has 3 N–H and O–H groups in total. The minimum Gasteiger partial charge on any atom is -0.480 e. The van der Waals surface area contributed by atoms with Crippen LogP contribution >= 0.6 is 0 Å². The Morgan fingerprint density at radius 3 is 2.25 bits per heavy atom. The molecule has 0 aliphatic carbocycles. The molecule has 0 aliphatic heterocycles. The van der Waals surface area contributed by atoms with Gasteiger partial charge in [-0.3, -0.25) is 9.59 Å². The van der Waals surface area contributed by atoms with E-state index in [0.717, 1.165) is 5.56 Å². The Hall–Kier alpha value is -1.93. The maximum absolute atomic E-state index is 12.2. The summed E-state index contributed by atoms with van der Waals surface area (Å²) in [6.07, 6.45) is -0.190. The number of hydrogen-bond acceptors (Lipinski definition) is 4. The molecule has 0 unspecified atom stereocenters. The van der Waals surface area contributed by atoms with Gasteiger partial charge in [-0.1, -0.05) is 31.5 Å². The highest BCUT2D eigenvalue weighted by Gasteiger charge is 2.25. The van der Waals surface area contributed by atoms with Gasteiger partial charge in [0, 0.05) is 13.0 Å². The fourth-order valence-corrected chi connectivity index (χ4v) is 3.11. The molecule has 0 saturated carbocycles. The zero-order valence-corrected chi connectivity index (χ0v) is 14.9. The van der Waals surface area contributed by atoms with E-state index in [1.165, 1.54) is 12.1 Å². The predicted molar refractivity (Wildman–Crippen MR) is 90.0 cm³/mol. The van der Waals surface area contributed by atoms with E-state index in [4.69, 9.17) is 0 Å². The number of hydrogen-bond donors (Lipinski definition) is 3. The van der Waals surface area contributed by atoms with Crippen LogP contribution in [0, 0.1) is 12.8 Å². The SMILES string of the molecule is Cc1ccc(S(=O)(=O)N[C@H](CCC(=O)NCC(C)C)C(=O)O)cc1. The number of nitrogens with one attached hydrogen (secondary N) is 2. The number of carboxylic acids is 1. The number of aryl methyl sites for hydroxylation is 1. The molecule has 8 heteroatoms. The van der Waals surface area contributed by atoms with Gasteiger partial charge in [-0.2, -0.15) is 4.72 Å². The molecule has 1 aromatic rings. The lowest BCUT2D eigenvalue weighted by Crippen LogP contribution is -2.41. The minimum atomic E-state index is -3.96. The third kappa shape index (κ3) is 6.67. The normalized spacial score (nSPS) is 12.8. The quantitative estimate of drug-likeness (QED) is 0.617. The first kappa shape index (κ1) is 20.1. The van der Waals surface area contributed by atoms with E-state index in [1.807, 2.05) is 20.8 Å². The van der Waals surface area contributed by atoms with Crippen molar-refractivity contribution in [3.05, 3.63) is 29.8 Å². The molecule has 24 heavy (non-hydrogen) atoms. The van der Waals surface area contributed by atoms with Gasteiger partial charge >= 0.3 is 5.97 Å². The van der Waals surface area contributed by atoms with E-state index in [1.54, 1.807) is 12.1 Å². The molecule has 0 fully saturated rings. The summed E-state index contributed by atoms with van der Waals surface area (Å²) in [5.41, 5.74) is 0.894. The molecule has 0 spiro atoms. The summed E-state index contributed by atoms with van der Waals surface area (Å²) in [7, 11) is -3.96. The fraction of sp³-hybridized carbons (Fsp3) is 0.500. The number of carbonyl (C=O) groups is 2. The molecule has 1 aromatic carbocycles. The fourth-order valence-electron chi connectivity index (χ4n) is 1.89. The van der Waals surface area contributed by atoms with Crippen LogP contribution in [0.2, 0.25) is 0 Å². The van der Waals surface area contributed by atoms with Crippen LogP contribution in [-0.4, -0.2) is 38.0 Å². The maximum Gasteiger partial charge on any atom is 0.321 e. The highest BCUT2D eigenvalue weighted by Crippen LogP contribution is 2.12. The summed E-state index contributed by atoms with van der Waals surface area (Å²) >= 11 is 0. The van der Waals surface area contributed by atoms with Crippen molar-refractivity contribution in [2.45, 2.75) is 44.6 Å². The largest absolute Gasteiger partial charge is 0.480 e. The first-order valence-corrected chi connectivity index (χ1v) is 9.18. The topological polar surface area (TPSA) is 113 Å². The lowest BCUT2D eigenvalue weighted by atomic mass is 10.1. The van der Waals surface area contributed by atoms with E-state index in [0.29, 0.717) is 6.54 Å². The standard InChI is InChI=1S/C16H24N2O5S/c1-11(2)10-17-15(19)9-8-14(16(20)21)18-24(22,23)13-6-4-12(3)5-7-13/h4-7,11,14,18H,8-10H2,1-3H3,(H,17,19)(H,20,21)/t14-/m1/s1. The van der Waals surface area contributed by atoms with Crippen LogP contribution in [-0.2, 0) is 19.6 Å². The number of benzene rings is 1. The molecule has 0 aromatic heterocycles. The third-order valence-electron chi connectivity index (χ3n) is 3.29. The first-order valence-electron chi connectivity index (χ1n) is 7.70. The van der Waals surface area contributed by atoms with Crippen LogP contribution in [0.3, 0.4) is 0 Å². The summed E-state index contributed by atoms with van der Waals surface area (Å²) in [6, 6.07) is 4.71. The molecule has 1 atom stereocenters. The first-order chi connectivity index (χ1) is 11.1. The highest BCUT2D eigenvalue weighted by atomic mass is 32.2. The van der Waals surface area contributed by atoms with Crippen LogP contribution in [0.25, 0.3) is 0 Å². The predicted octanol–water partition coefficient (Wildman–Crippen LogP) is 1.28. The second-order valence-corrected chi connectivity index (χ2v) is 7.78. The molecular weight excluding hydrogens is 332 g/mol. The second kappa shape index (κ2) is 8.79. The lowest BCUT2D eigenvalue weighted by Gasteiger charge is -2.15. The highest BCUT2D eigenvalue weighted by molar-refractivity contribution is 7.89. The summed E-state index contributed by atoms with van der Waals surface area (Å²) in [4.78, 5) is 22.9. The van der Waals surface area contributed by atoms with Crippen molar-refractivity contribution in [3.8, 4) is 0 Å². The van der Waals surface area contributed by atoms with Gasteiger partial charge in [0.1, 0.15) is 6.04 Å². The zero-order valence-electron chi connectivity index (χ0n) is 14.1. The Bertz CT molecular complexity index is 668. The van der Waals surface area contributed by atoms with Crippen LogP contribution in [0.15, 0.2) is 29.2 Å². The molecule has 134 valence electrons. The third-order valence-corrected chi connectivity index (χ3v) is 4.78. The van der Waals surface area contributed by atoms with E-state index >= 15 is 0 Å². The average molecular weight is 356 g/mol. The van der Waals surface area contributed by atoms with Crippen molar-refractivity contribution in [2.24, 2.45) is 5.92 Å². The summed E-state index contributed by atoms with van der Waals surface area (Å²) in [5.74, 6) is -1.34. The second-order valence-electron chi connectivity index (χ2n) is 6.06. The molecule has 0 heterocycles. The Labute approximate surface area is 142 Å². The Morgan fingerprint density at radius 2 is 1.75 bits per heavy atom. The van der Waals surface area contributed by atoms with Crippen LogP contribution in [0.1, 0.15) is 32.3 Å². The van der Waals surface area contributed by atoms with Gasteiger partial charge in [0.15, 0.2) is 0 Å². The number of carbonyl (C=O) groups excluding carboxylic acids is 1. The molecule has 7 nitrogen and oxygen atoms in total. The van der Waals surface area contributed by atoms with Crippen LogP contribution in [0.5, 0.6) is 0 Å². The summed E-state index contributed by atoms with van der Waals surface area (Å²) in [5, 5.41) is 11.9. The number of carboxylic acid groups (broad SMARTS) is 1. The average Bonchev–Trinajstić information content (AvgIpc) is 2.49. The van der Waals surface area contributed by atoms with Gasteiger partial charge in [-0.15, -0.1) is 0 Å². The number of sulfonamides is 1. The van der Waals surface area contributed by atoms with Crippen LogP contribution in [0.4, 0.5) is 0 Å². The summed E-state index contributed by atoms with van der Waals surface area (Å²) < 4.78 is 26.6. The molecular formula is C16H24N2O5S. The summed E-state index contributed by atoms with van der Waals surface area (Å²) in [6.45, 7) is 6.19. The van der Waals surface area contributed by atoms with E-state index < -0.39 is 22.0 Å². The van der Waals surface area contributed by atoms with Crippen molar-refractivity contribution in [1.82, 2.24) is 10.0 Å². The number of rotatable bonds is 9. The van der Waals surface area contributed by atoms with E-state index in [9.17, 15) is 23.1 Å². The Kier molecular flexibility index (Phi) is 7.37. The minimum absolute atomic E-state index is 0.0105. The van der Waals surface area contributed by atoms with Gasteiger partial charge in [-0.25, -0.2) is 8.42 Å². The van der Waals surface area contributed by atoms with Gasteiger partial charge in [0.05, 0.1) is 4.90 Å². The van der Waals surface area contributed by atoms with Gasteiger partial charge in [0.25, 0.3) is 0 Å². The molecule has 0 radical (unpaired) electrons. The van der Waals surface area contributed by atoms with Crippen LogP contribution < -0.4 is 10.0 Å². The number of aliphatic carboxylic acids is 1. The molecule has 0 bridgehead atoms. The van der Waals surface area contributed by atoms with Crippen molar-refractivity contribution in [1.29, 1.82) is 0 Å². The monoisotopic (exact) mass is 356 g/mol. The smallest absolute Gasteiger partial charge is 0.321 e. The molecule has 0 aliphatic rings. The van der Waals surface area contributed by atoms with E-state index in [2.05, 4.69) is 10.0 Å². The van der Waals surface area contributed by atoms with Gasteiger partial charge < -0.3 is 10.4 Å². The Morgan fingerprint density at radius 1 is 1.17 bits per heavy atom. The van der Waals surface area contributed by atoms with Gasteiger partial charge in [-0.05, 0) is 31.4 Å². The maximum atomic E-state index is 12.2. The zero-order chi connectivity index (χ0) is 18.3. The van der Waals surface area contributed by atoms with Crippen molar-refractivity contribution >= 4 is 21.9 Å². The Balaban J connectivity index is 2.70. The molecule has 1 amide bonds. The lowest BCUT2D eigenvalue weighted by molar-refractivity contribution is -0.139. The number of amides is 1.